The molecule has 0 aliphatic rings. The molecular formula is C9H8CuF6O6S2. The van der Waals surface area contributed by atoms with Gasteiger partial charge >= 0.3 is 28.1 Å². The second-order valence-corrected chi connectivity index (χ2v) is 6.20. The van der Waals surface area contributed by atoms with Gasteiger partial charge in [0, 0.05) is 0 Å². The molecule has 0 spiro atoms. The van der Waals surface area contributed by atoms with Gasteiger partial charge in [0.1, 0.15) is 0 Å². The number of alkyl halides is 6. The van der Waals surface area contributed by atoms with E-state index in [0.717, 1.165) is 0 Å². The van der Waals surface area contributed by atoms with Gasteiger partial charge in [0.2, 0.25) is 0 Å². The van der Waals surface area contributed by atoms with Gasteiger partial charge < -0.3 is 9.11 Å². The molecule has 1 radical (unpaired) electrons. The van der Waals surface area contributed by atoms with E-state index in [-0.39, 0.29) is 17.1 Å². The van der Waals surface area contributed by atoms with Crippen LogP contribution in [0.1, 0.15) is 5.56 Å². The largest absolute Gasteiger partial charge is 2.00 e. The first-order valence-corrected chi connectivity index (χ1v) is 7.77. The van der Waals surface area contributed by atoms with Crippen molar-refractivity contribution in [1.82, 2.24) is 0 Å². The fourth-order valence-corrected chi connectivity index (χ4v) is 0.534. The number of rotatable bonds is 0. The fraction of sp³-hybridized carbons (Fsp3) is 0.333. The van der Waals surface area contributed by atoms with Crippen LogP contribution in [0.5, 0.6) is 0 Å². The molecule has 24 heavy (non-hydrogen) atoms. The maximum atomic E-state index is 10.7. The van der Waals surface area contributed by atoms with Crippen molar-refractivity contribution in [2.45, 2.75) is 17.9 Å². The van der Waals surface area contributed by atoms with Crippen LogP contribution in [0, 0.1) is 6.92 Å². The molecule has 1 rings (SSSR count). The van der Waals surface area contributed by atoms with E-state index >= 15 is 0 Å². The van der Waals surface area contributed by atoms with Crippen LogP contribution in [-0.4, -0.2) is 37.0 Å². The van der Waals surface area contributed by atoms with E-state index in [1.165, 1.54) is 5.56 Å². The Morgan fingerprint density at radius 1 is 0.750 bits per heavy atom. The van der Waals surface area contributed by atoms with Crippen LogP contribution in [-0.2, 0) is 37.3 Å². The van der Waals surface area contributed by atoms with Crippen LogP contribution in [0.4, 0.5) is 26.3 Å². The molecule has 0 unspecified atom stereocenters. The van der Waals surface area contributed by atoms with Crippen molar-refractivity contribution in [2.24, 2.45) is 0 Å². The SMILES string of the molecule is Cc1ccccc1.O=S(=O)([O-])C(F)(F)F.O=S(=O)([O-])C(F)(F)F.[Cu+2]. The zero-order chi connectivity index (χ0) is 19.1. The average Bonchev–Trinajstić information content (AvgIpc) is 2.25. The third-order valence-corrected chi connectivity index (χ3v) is 2.64. The summed E-state index contributed by atoms with van der Waals surface area (Å²) in [5, 5.41) is 0. The first-order chi connectivity index (χ1) is 9.89. The van der Waals surface area contributed by atoms with E-state index in [1.54, 1.807) is 0 Å². The van der Waals surface area contributed by atoms with E-state index in [0.29, 0.717) is 0 Å². The van der Waals surface area contributed by atoms with E-state index in [9.17, 15) is 26.3 Å². The zero-order valence-electron chi connectivity index (χ0n) is 11.2. The molecule has 0 atom stereocenters. The van der Waals surface area contributed by atoms with E-state index in [2.05, 4.69) is 19.1 Å². The smallest absolute Gasteiger partial charge is 0.741 e. The quantitative estimate of drug-likeness (QED) is 0.257. The van der Waals surface area contributed by atoms with Crippen LogP contribution in [0.2, 0.25) is 0 Å². The molecule has 1 aromatic rings. The third-order valence-electron chi connectivity index (χ3n) is 1.51. The summed E-state index contributed by atoms with van der Waals surface area (Å²) in [5.74, 6) is 0. The van der Waals surface area contributed by atoms with E-state index < -0.39 is 31.3 Å². The zero-order valence-corrected chi connectivity index (χ0v) is 13.8. The van der Waals surface area contributed by atoms with Gasteiger partial charge in [-0.1, -0.05) is 35.9 Å². The van der Waals surface area contributed by atoms with Crippen molar-refractivity contribution in [3.63, 3.8) is 0 Å². The number of halogens is 6. The van der Waals surface area contributed by atoms with Gasteiger partial charge in [0.15, 0.2) is 20.2 Å². The molecule has 0 N–H and O–H groups in total. The second kappa shape index (κ2) is 10.2. The third kappa shape index (κ3) is 13.6. The van der Waals surface area contributed by atoms with E-state index in [4.69, 9.17) is 25.9 Å². The van der Waals surface area contributed by atoms with Gasteiger partial charge in [-0.25, -0.2) is 16.8 Å². The van der Waals surface area contributed by atoms with Gasteiger partial charge in [-0.2, -0.15) is 26.3 Å². The monoisotopic (exact) mass is 453 g/mol. The summed E-state index contributed by atoms with van der Waals surface area (Å²) in [6, 6.07) is 10.3. The number of benzene rings is 1. The molecule has 0 saturated heterocycles. The Morgan fingerprint density at radius 2 is 0.958 bits per heavy atom. The number of hydrogen-bond donors (Lipinski definition) is 0. The summed E-state index contributed by atoms with van der Waals surface area (Å²) in [6.45, 7) is 2.08. The van der Waals surface area contributed by atoms with Crippen LogP contribution in [0.3, 0.4) is 0 Å². The molecule has 0 heterocycles. The van der Waals surface area contributed by atoms with Crippen LogP contribution in [0.15, 0.2) is 30.3 Å². The van der Waals surface area contributed by atoms with Gasteiger partial charge in [-0.15, -0.1) is 0 Å². The molecule has 0 amide bonds. The molecule has 15 heteroatoms. The van der Waals surface area contributed by atoms with Crippen molar-refractivity contribution in [3.8, 4) is 0 Å². The van der Waals surface area contributed by atoms with Gasteiger partial charge in [-0.05, 0) is 6.92 Å². The normalized spacial score (nSPS) is 11.9. The summed E-state index contributed by atoms with van der Waals surface area (Å²) in [6.07, 6.45) is 0. The Morgan fingerprint density at radius 3 is 1.04 bits per heavy atom. The fourth-order valence-electron chi connectivity index (χ4n) is 0.534. The van der Waals surface area contributed by atoms with Crippen molar-refractivity contribution < 1.29 is 69.4 Å². The van der Waals surface area contributed by atoms with Crippen molar-refractivity contribution in [1.29, 1.82) is 0 Å². The topological polar surface area (TPSA) is 114 Å². The van der Waals surface area contributed by atoms with E-state index in [1.807, 2.05) is 18.2 Å². The van der Waals surface area contributed by atoms with Crippen molar-refractivity contribution in [3.05, 3.63) is 35.9 Å². The maximum absolute atomic E-state index is 10.7. The number of aryl methyl sites for hydroxylation is 1. The predicted octanol–water partition coefficient (Wildman–Crippen LogP) is 2.10. The van der Waals surface area contributed by atoms with Crippen molar-refractivity contribution in [2.75, 3.05) is 0 Å². The molecule has 0 bridgehead atoms. The minimum Gasteiger partial charge on any atom is -0.741 e. The Balaban J connectivity index is -0.000000270. The second-order valence-electron chi connectivity index (χ2n) is 3.45. The minimum atomic E-state index is -6.09. The summed E-state index contributed by atoms with van der Waals surface area (Å²) >= 11 is 0. The Bertz CT molecular complexity index is 627. The number of hydrogen-bond acceptors (Lipinski definition) is 6. The molecule has 0 aliphatic carbocycles. The Kier molecular flexibility index (Phi) is 11.9. The van der Waals surface area contributed by atoms with Gasteiger partial charge in [0.05, 0.1) is 0 Å². The van der Waals surface area contributed by atoms with Crippen molar-refractivity contribution >= 4 is 20.2 Å². The summed E-state index contributed by atoms with van der Waals surface area (Å²) in [5.41, 5.74) is -9.97. The molecule has 6 nitrogen and oxygen atoms in total. The van der Waals surface area contributed by atoms with Crippen LogP contribution >= 0.6 is 0 Å². The molecular weight excluding hydrogens is 446 g/mol. The summed E-state index contributed by atoms with van der Waals surface area (Å²) in [7, 11) is -12.2. The predicted molar refractivity (Wildman–Crippen MR) is 62.7 cm³/mol. The molecule has 145 valence electrons. The molecule has 0 fully saturated rings. The Hall–Kier alpha value is -0.861. The molecule has 1 aromatic carbocycles. The summed E-state index contributed by atoms with van der Waals surface area (Å²) < 4.78 is 118. The maximum Gasteiger partial charge on any atom is 2.00 e. The minimum absolute atomic E-state index is 0. The Labute approximate surface area is 143 Å². The average molecular weight is 454 g/mol. The first kappa shape index (κ1) is 28.0. The summed E-state index contributed by atoms with van der Waals surface area (Å²) in [4.78, 5) is 0. The molecule has 0 aromatic heterocycles. The standard InChI is InChI=1S/C7H8.2CHF3O3S.Cu/c1-7-5-3-2-4-6-7;2*2-1(3,4)8(5,6)7;/h2-6H,1H3;2*(H,5,6,7);/q;;;+2/p-2. The molecule has 0 saturated carbocycles. The van der Waals surface area contributed by atoms with Gasteiger partial charge in [-0.3, -0.25) is 0 Å². The molecule has 0 aliphatic heterocycles. The van der Waals surface area contributed by atoms with Crippen LogP contribution in [0.25, 0.3) is 0 Å². The first-order valence-electron chi connectivity index (χ1n) is 4.95. The van der Waals surface area contributed by atoms with Crippen LogP contribution < -0.4 is 0 Å². The van der Waals surface area contributed by atoms with Gasteiger partial charge in [0.25, 0.3) is 0 Å².